The standard InChI is InChI=1S/C11H17NO4/c1-2-15-11(13)9(6-12)4-3-5-14-7-10-8-16-10/h9-10H,2-5,7-8H2,1H3/t9-,10+/m1/s1. The summed E-state index contributed by atoms with van der Waals surface area (Å²) in [5.41, 5.74) is 0. The smallest absolute Gasteiger partial charge is 0.323 e. The minimum Gasteiger partial charge on any atom is -0.465 e. The molecule has 5 nitrogen and oxygen atoms in total. The Bertz CT molecular complexity index is 257. The highest BCUT2D eigenvalue weighted by Crippen LogP contribution is 2.11. The summed E-state index contributed by atoms with van der Waals surface area (Å²) in [5.74, 6) is -1.10. The average Bonchev–Trinajstić information content (AvgIpc) is 3.07. The van der Waals surface area contributed by atoms with E-state index in [1.165, 1.54) is 0 Å². The lowest BCUT2D eigenvalue weighted by atomic mass is 10.1. The summed E-state index contributed by atoms with van der Waals surface area (Å²) in [6.07, 6.45) is 1.43. The van der Waals surface area contributed by atoms with Crippen LogP contribution in [-0.2, 0) is 19.0 Å². The number of ether oxygens (including phenoxy) is 3. The third-order valence-electron chi connectivity index (χ3n) is 2.21. The van der Waals surface area contributed by atoms with Crippen molar-refractivity contribution in [2.75, 3.05) is 26.4 Å². The molecule has 16 heavy (non-hydrogen) atoms. The minimum atomic E-state index is -0.666. The van der Waals surface area contributed by atoms with Gasteiger partial charge in [0, 0.05) is 6.61 Å². The van der Waals surface area contributed by atoms with Gasteiger partial charge in [-0.2, -0.15) is 5.26 Å². The quantitative estimate of drug-likeness (QED) is 0.350. The van der Waals surface area contributed by atoms with Crippen molar-refractivity contribution in [2.24, 2.45) is 5.92 Å². The highest BCUT2D eigenvalue weighted by Gasteiger charge is 2.22. The molecule has 2 atom stereocenters. The van der Waals surface area contributed by atoms with Gasteiger partial charge in [0.2, 0.25) is 0 Å². The van der Waals surface area contributed by atoms with Crippen molar-refractivity contribution in [2.45, 2.75) is 25.9 Å². The van der Waals surface area contributed by atoms with Crippen LogP contribution in [0.4, 0.5) is 0 Å². The van der Waals surface area contributed by atoms with Gasteiger partial charge in [0.25, 0.3) is 0 Å². The molecule has 0 aromatic heterocycles. The van der Waals surface area contributed by atoms with Gasteiger partial charge in [0.1, 0.15) is 12.0 Å². The lowest BCUT2D eigenvalue weighted by Gasteiger charge is -2.07. The number of epoxide rings is 1. The molecular formula is C11H17NO4. The SMILES string of the molecule is CCOC(=O)[C@@H](C#N)CCCOC[C@H]1CO1. The first-order chi connectivity index (χ1) is 7.77. The van der Waals surface area contributed by atoms with E-state index >= 15 is 0 Å². The fraction of sp³-hybridized carbons (Fsp3) is 0.818. The number of hydrogen-bond donors (Lipinski definition) is 0. The number of esters is 1. The Morgan fingerprint density at radius 3 is 3.00 bits per heavy atom. The zero-order valence-corrected chi connectivity index (χ0v) is 9.48. The van der Waals surface area contributed by atoms with Crippen molar-refractivity contribution in [3.63, 3.8) is 0 Å². The van der Waals surface area contributed by atoms with Gasteiger partial charge in [0.05, 0.1) is 25.9 Å². The Balaban J connectivity index is 2.03. The van der Waals surface area contributed by atoms with Crippen LogP contribution in [0.5, 0.6) is 0 Å². The van der Waals surface area contributed by atoms with Crippen LogP contribution in [0.25, 0.3) is 0 Å². The maximum absolute atomic E-state index is 11.3. The van der Waals surface area contributed by atoms with Gasteiger partial charge in [-0.1, -0.05) is 0 Å². The van der Waals surface area contributed by atoms with Crippen LogP contribution in [0.15, 0.2) is 0 Å². The molecule has 1 aliphatic heterocycles. The Hall–Kier alpha value is -1.12. The highest BCUT2D eigenvalue weighted by molar-refractivity contribution is 5.75. The van der Waals surface area contributed by atoms with Crippen molar-refractivity contribution in [1.82, 2.24) is 0 Å². The van der Waals surface area contributed by atoms with Crippen molar-refractivity contribution in [3.05, 3.63) is 0 Å². The van der Waals surface area contributed by atoms with E-state index in [9.17, 15) is 4.79 Å². The second-order valence-corrected chi connectivity index (χ2v) is 3.61. The largest absolute Gasteiger partial charge is 0.465 e. The van der Waals surface area contributed by atoms with Crippen molar-refractivity contribution in [3.8, 4) is 6.07 Å². The Morgan fingerprint density at radius 1 is 1.69 bits per heavy atom. The third-order valence-corrected chi connectivity index (χ3v) is 2.21. The molecule has 0 N–H and O–H groups in total. The molecule has 1 heterocycles. The highest BCUT2D eigenvalue weighted by atomic mass is 16.6. The molecule has 1 saturated heterocycles. The fourth-order valence-corrected chi connectivity index (χ4v) is 1.25. The number of carbonyl (C=O) groups excluding carboxylic acids is 1. The van der Waals surface area contributed by atoms with Gasteiger partial charge >= 0.3 is 5.97 Å². The number of rotatable bonds is 8. The van der Waals surface area contributed by atoms with Gasteiger partial charge in [0.15, 0.2) is 0 Å². The molecule has 0 saturated carbocycles. The normalized spacial score (nSPS) is 19.9. The molecule has 1 rings (SSSR count). The number of hydrogen-bond acceptors (Lipinski definition) is 5. The van der Waals surface area contributed by atoms with Gasteiger partial charge < -0.3 is 14.2 Å². The summed E-state index contributed by atoms with van der Waals surface area (Å²) < 4.78 is 15.1. The second kappa shape index (κ2) is 7.20. The summed E-state index contributed by atoms with van der Waals surface area (Å²) in [5, 5.41) is 8.77. The third kappa shape index (κ3) is 5.10. The van der Waals surface area contributed by atoms with Crippen molar-refractivity contribution < 1.29 is 19.0 Å². The maximum atomic E-state index is 11.3. The van der Waals surface area contributed by atoms with E-state index in [-0.39, 0.29) is 6.10 Å². The van der Waals surface area contributed by atoms with E-state index in [0.717, 1.165) is 6.61 Å². The van der Waals surface area contributed by atoms with Crippen LogP contribution in [0.1, 0.15) is 19.8 Å². The minimum absolute atomic E-state index is 0.261. The molecule has 0 bridgehead atoms. The van der Waals surface area contributed by atoms with Crippen molar-refractivity contribution in [1.29, 1.82) is 5.26 Å². The van der Waals surface area contributed by atoms with E-state index < -0.39 is 11.9 Å². The summed E-state index contributed by atoms with van der Waals surface area (Å²) in [6.45, 7) is 3.98. The van der Waals surface area contributed by atoms with Gasteiger partial charge in [-0.3, -0.25) is 4.79 Å². The lowest BCUT2D eigenvalue weighted by Crippen LogP contribution is -2.17. The molecule has 90 valence electrons. The summed E-state index contributed by atoms with van der Waals surface area (Å²) in [4.78, 5) is 11.3. The lowest BCUT2D eigenvalue weighted by molar-refractivity contribution is -0.146. The first-order valence-electron chi connectivity index (χ1n) is 5.53. The fourth-order valence-electron chi connectivity index (χ4n) is 1.25. The van der Waals surface area contributed by atoms with Gasteiger partial charge in [-0.15, -0.1) is 0 Å². The number of carbonyl (C=O) groups is 1. The summed E-state index contributed by atoms with van der Waals surface area (Å²) in [7, 11) is 0. The molecule has 0 unspecified atom stereocenters. The first-order valence-corrected chi connectivity index (χ1v) is 5.53. The Kier molecular flexibility index (Phi) is 5.83. The van der Waals surface area contributed by atoms with Crippen LogP contribution >= 0.6 is 0 Å². The van der Waals surface area contributed by atoms with Crippen LogP contribution in [0, 0.1) is 17.2 Å². The van der Waals surface area contributed by atoms with E-state index in [1.54, 1.807) is 6.92 Å². The predicted molar refractivity (Wildman–Crippen MR) is 55.5 cm³/mol. The van der Waals surface area contributed by atoms with Crippen LogP contribution in [0.2, 0.25) is 0 Å². The molecule has 1 aliphatic rings. The van der Waals surface area contributed by atoms with Gasteiger partial charge in [-0.05, 0) is 19.8 Å². The maximum Gasteiger partial charge on any atom is 0.323 e. The molecule has 0 amide bonds. The predicted octanol–water partition coefficient (Wildman–Crippen LogP) is 0.885. The van der Waals surface area contributed by atoms with E-state index in [4.69, 9.17) is 19.5 Å². The molecule has 0 radical (unpaired) electrons. The van der Waals surface area contributed by atoms with Gasteiger partial charge in [-0.25, -0.2) is 0 Å². The van der Waals surface area contributed by atoms with E-state index in [2.05, 4.69) is 0 Å². The van der Waals surface area contributed by atoms with E-state index in [0.29, 0.717) is 32.7 Å². The molecule has 0 aromatic rings. The zero-order valence-electron chi connectivity index (χ0n) is 9.48. The second-order valence-electron chi connectivity index (χ2n) is 3.61. The average molecular weight is 227 g/mol. The molecule has 0 spiro atoms. The summed E-state index contributed by atoms with van der Waals surface area (Å²) >= 11 is 0. The molecular weight excluding hydrogens is 210 g/mol. The molecule has 1 fully saturated rings. The molecule has 5 heteroatoms. The zero-order chi connectivity index (χ0) is 11.8. The summed E-state index contributed by atoms with van der Waals surface area (Å²) in [6, 6.07) is 1.94. The molecule has 0 aromatic carbocycles. The van der Waals surface area contributed by atoms with Crippen LogP contribution in [0.3, 0.4) is 0 Å². The Labute approximate surface area is 95.3 Å². The topological polar surface area (TPSA) is 71.9 Å². The van der Waals surface area contributed by atoms with Crippen molar-refractivity contribution >= 4 is 5.97 Å². The van der Waals surface area contributed by atoms with E-state index in [1.807, 2.05) is 6.07 Å². The number of nitriles is 1. The Morgan fingerprint density at radius 2 is 2.44 bits per heavy atom. The van der Waals surface area contributed by atoms with Crippen LogP contribution in [-0.4, -0.2) is 38.5 Å². The molecule has 0 aliphatic carbocycles. The first kappa shape index (κ1) is 12.9. The number of nitrogens with zero attached hydrogens (tertiary/aromatic N) is 1. The van der Waals surface area contributed by atoms with Crippen LogP contribution < -0.4 is 0 Å². The monoisotopic (exact) mass is 227 g/mol.